The van der Waals surface area contributed by atoms with Crippen LogP contribution in [0.15, 0.2) is 6.20 Å². The average molecular weight is 348 g/mol. The minimum Gasteiger partial charge on any atom is -0.394 e. The maximum absolute atomic E-state index is 11.6. The summed E-state index contributed by atoms with van der Waals surface area (Å²) in [5.74, 6) is 1.02. The number of rotatable bonds is 5. The molecule has 138 valence electrons. The second kappa shape index (κ2) is 7.43. The fraction of sp³-hybridized carbons (Fsp3) is 0.706. The molecule has 1 saturated heterocycles. The first-order valence-electron chi connectivity index (χ1n) is 8.99. The SMILES string of the molecule is C[C@]1(C(N)=O)CC[C@@H](Nc2nc(NC3CCOCC3)ncc2N)CC1. The van der Waals surface area contributed by atoms with Gasteiger partial charge in [0.05, 0.1) is 11.9 Å². The minimum absolute atomic E-state index is 0.213. The Morgan fingerprint density at radius 2 is 1.84 bits per heavy atom. The first-order valence-corrected chi connectivity index (χ1v) is 8.99. The number of ether oxygens (including phenoxy) is 1. The van der Waals surface area contributed by atoms with Gasteiger partial charge in [-0.05, 0) is 38.5 Å². The van der Waals surface area contributed by atoms with Gasteiger partial charge in [-0.25, -0.2) is 4.98 Å². The molecule has 0 radical (unpaired) electrons. The first-order chi connectivity index (χ1) is 12.0. The lowest BCUT2D eigenvalue weighted by Crippen LogP contribution is -2.40. The van der Waals surface area contributed by atoms with E-state index in [1.807, 2.05) is 6.92 Å². The fourth-order valence-electron chi connectivity index (χ4n) is 3.44. The van der Waals surface area contributed by atoms with E-state index in [0.717, 1.165) is 51.7 Å². The summed E-state index contributed by atoms with van der Waals surface area (Å²) in [4.78, 5) is 20.4. The molecule has 25 heavy (non-hydrogen) atoms. The van der Waals surface area contributed by atoms with Crippen molar-refractivity contribution in [3.05, 3.63) is 6.20 Å². The molecule has 1 saturated carbocycles. The highest BCUT2D eigenvalue weighted by Crippen LogP contribution is 2.36. The van der Waals surface area contributed by atoms with Gasteiger partial charge in [0, 0.05) is 30.7 Å². The molecule has 3 rings (SSSR count). The summed E-state index contributed by atoms with van der Waals surface area (Å²) in [5.41, 5.74) is 11.7. The van der Waals surface area contributed by atoms with Crippen LogP contribution in [0.2, 0.25) is 0 Å². The number of hydrogen-bond donors (Lipinski definition) is 4. The molecule has 2 heterocycles. The molecule has 2 aliphatic rings. The molecule has 6 N–H and O–H groups in total. The topological polar surface area (TPSA) is 128 Å². The highest BCUT2D eigenvalue weighted by atomic mass is 16.5. The molecule has 8 heteroatoms. The van der Waals surface area contributed by atoms with Crippen LogP contribution in [0.5, 0.6) is 0 Å². The highest BCUT2D eigenvalue weighted by Gasteiger charge is 2.36. The van der Waals surface area contributed by atoms with Gasteiger partial charge in [0.15, 0.2) is 5.82 Å². The summed E-state index contributed by atoms with van der Waals surface area (Å²) < 4.78 is 5.37. The Labute approximate surface area is 148 Å². The van der Waals surface area contributed by atoms with E-state index in [-0.39, 0.29) is 11.9 Å². The van der Waals surface area contributed by atoms with Crippen molar-refractivity contribution >= 4 is 23.4 Å². The third-order valence-electron chi connectivity index (χ3n) is 5.40. The number of nitrogens with one attached hydrogen (secondary N) is 2. The summed E-state index contributed by atoms with van der Waals surface area (Å²) in [6.07, 6.45) is 6.82. The van der Waals surface area contributed by atoms with E-state index < -0.39 is 5.41 Å². The Morgan fingerprint density at radius 1 is 1.20 bits per heavy atom. The normalized spacial score (nSPS) is 27.6. The van der Waals surface area contributed by atoms with Crippen molar-refractivity contribution in [3.8, 4) is 0 Å². The van der Waals surface area contributed by atoms with Crippen LogP contribution in [0.4, 0.5) is 17.5 Å². The van der Waals surface area contributed by atoms with Gasteiger partial charge in [-0.2, -0.15) is 4.98 Å². The smallest absolute Gasteiger partial charge is 0.224 e. The lowest BCUT2D eigenvalue weighted by molar-refractivity contribution is -0.128. The number of nitrogens with two attached hydrogens (primary N) is 2. The van der Waals surface area contributed by atoms with Crippen LogP contribution in [0.3, 0.4) is 0 Å². The van der Waals surface area contributed by atoms with Crippen LogP contribution in [0, 0.1) is 5.41 Å². The van der Waals surface area contributed by atoms with E-state index in [2.05, 4.69) is 20.6 Å². The van der Waals surface area contributed by atoms with E-state index in [9.17, 15) is 4.79 Å². The van der Waals surface area contributed by atoms with Crippen molar-refractivity contribution in [3.63, 3.8) is 0 Å². The third kappa shape index (κ3) is 4.31. The van der Waals surface area contributed by atoms with E-state index in [4.69, 9.17) is 16.2 Å². The van der Waals surface area contributed by atoms with Crippen molar-refractivity contribution < 1.29 is 9.53 Å². The van der Waals surface area contributed by atoms with Crippen LogP contribution in [0.25, 0.3) is 0 Å². The van der Waals surface area contributed by atoms with E-state index in [1.54, 1.807) is 6.20 Å². The van der Waals surface area contributed by atoms with Crippen LogP contribution in [0.1, 0.15) is 45.4 Å². The lowest BCUT2D eigenvalue weighted by Gasteiger charge is -2.35. The van der Waals surface area contributed by atoms with E-state index in [0.29, 0.717) is 23.5 Å². The summed E-state index contributed by atoms with van der Waals surface area (Å²) in [5, 5.41) is 6.77. The number of anilines is 3. The summed E-state index contributed by atoms with van der Waals surface area (Å²) in [7, 11) is 0. The number of carbonyl (C=O) groups is 1. The van der Waals surface area contributed by atoms with Crippen molar-refractivity contribution in [2.45, 2.75) is 57.5 Å². The molecule has 1 amide bonds. The molecule has 1 aromatic heterocycles. The quantitative estimate of drug-likeness (QED) is 0.634. The second-order valence-corrected chi connectivity index (χ2v) is 7.37. The second-order valence-electron chi connectivity index (χ2n) is 7.37. The molecule has 0 unspecified atom stereocenters. The van der Waals surface area contributed by atoms with Crippen LogP contribution < -0.4 is 22.1 Å². The summed E-state index contributed by atoms with van der Waals surface area (Å²) >= 11 is 0. The number of nitrogen functional groups attached to an aromatic ring is 1. The maximum Gasteiger partial charge on any atom is 0.224 e. The zero-order chi connectivity index (χ0) is 17.9. The number of carbonyl (C=O) groups excluding carboxylic acids is 1. The Balaban J connectivity index is 1.60. The van der Waals surface area contributed by atoms with Crippen molar-refractivity contribution in [1.82, 2.24) is 9.97 Å². The molecule has 2 fully saturated rings. The first kappa shape index (κ1) is 17.7. The van der Waals surface area contributed by atoms with Gasteiger partial charge in [-0.15, -0.1) is 0 Å². The van der Waals surface area contributed by atoms with E-state index >= 15 is 0 Å². The zero-order valence-electron chi connectivity index (χ0n) is 14.8. The number of hydrogen-bond acceptors (Lipinski definition) is 7. The Bertz CT molecular complexity index is 609. The Kier molecular flexibility index (Phi) is 5.27. The van der Waals surface area contributed by atoms with Gasteiger partial charge in [0.1, 0.15) is 0 Å². The molecule has 0 aromatic carbocycles. The van der Waals surface area contributed by atoms with Gasteiger partial charge in [0.25, 0.3) is 0 Å². The van der Waals surface area contributed by atoms with Crippen molar-refractivity contribution in [2.75, 3.05) is 29.6 Å². The average Bonchev–Trinajstić information content (AvgIpc) is 2.61. The van der Waals surface area contributed by atoms with Gasteiger partial charge in [-0.1, -0.05) is 6.92 Å². The molecule has 1 aliphatic carbocycles. The van der Waals surface area contributed by atoms with Crippen molar-refractivity contribution in [2.24, 2.45) is 11.1 Å². The van der Waals surface area contributed by atoms with Crippen LogP contribution >= 0.6 is 0 Å². The number of nitrogens with zero attached hydrogens (tertiary/aromatic N) is 2. The standard InChI is InChI=1S/C17H28N6O2/c1-17(15(19)24)6-2-11(3-7-17)21-14-13(18)10-20-16(23-14)22-12-4-8-25-9-5-12/h10-12H,2-9,18H2,1H3,(H2,19,24)(H2,20,21,22,23)/t11-,17+. The molecular formula is C17H28N6O2. The fourth-order valence-corrected chi connectivity index (χ4v) is 3.44. The monoisotopic (exact) mass is 348 g/mol. The molecule has 1 aromatic rings. The lowest BCUT2D eigenvalue weighted by atomic mass is 9.73. The molecule has 8 nitrogen and oxygen atoms in total. The molecule has 0 spiro atoms. The molecule has 1 aliphatic heterocycles. The Hall–Kier alpha value is -2.09. The van der Waals surface area contributed by atoms with E-state index in [1.165, 1.54) is 0 Å². The van der Waals surface area contributed by atoms with Crippen molar-refractivity contribution in [1.29, 1.82) is 0 Å². The molecular weight excluding hydrogens is 320 g/mol. The number of amides is 1. The predicted octanol–water partition coefficient (Wildman–Crippen LogP) is 1.50. The summed E-state index contributed by atoms with van der Waals surface area (Å²) in [6, 6.07) is 0.566. The Morgan fingerprint density at radius 3 is 2.48 bits per heavy atom. The summed E-state index contributed by atoms with van der Waals surface area (Å²) in [6.45, 7) is 3.47. The van der Waals surface area contributed by atoms with Gasteiger partial charge < -0.3 is 26.8 Å². The molecule has 0 atom stereocenters. The number of primary amides is 1. The predicted molar refractivity (Wildman–Crippen MR) is 97.1 cm³/mol. The highest BCUT2D eigenvalue weighted by molar-refractivity contribution is 5.80. The zero-order valence-corrected chi connectivity index (χ0v) is 14.8. The van der Waals surface area contributed by atoms with Gasteiger partial charge in [-0.3, -0.25) is 4.79 Å². The third-order valence-corrected chi connectivity index (χ3v) is 5.40. The molecule has 0 bridgehead atoms. The van der Waals surface area contributed by atoms with Gasteiger partial charge >= 0.3 is 0 Å². The van der Waals surface area contributed by atoms with Crippen LogP contribution in [-0.4, -0.2) is 41.2 Å². The number of aromatic nitrogens is 2. The van der Waals surface area contributed by atoms with Gasteiger partial charge in [0.2, 0.25) is 11.9 Å². The minimum atomic E-state index is -0.398. The maximum atomic E-state index is 11.6. The van der Waals surface area contributed by atoms with Crippen LogP contribution in [-0.2, 0) is 9.53 Å². The largest absolute Gasteiger partial charge is 0.394 e.